The summed E-state index contributed by atoms with van der Waals surface area (Å²) in [6.45, 7) is 4.23. The zero-order valence-electron chi connectivity index (χ0n) is 18.8. The Morgan fingerprint density at radius 2 is 2.00 bits per heavy atom. The van der Waals surface area contributed by atoms with E-state index in [9.17, 15) is 9.18 Å². The Balaban J connectivity index is 1.72. The largest absolute Gasteiger partial charge is 0.369 e. The van der Waals surface area contributed by atoms with Gasteiger partial charge in [0.1, 0.15) is 17.3 Å². The van der Waals surface area contributed by atoms with Gasteiger partial charge < -0.3 is 10.6 Å². The van der Waals surface area contributed by atoms with Gasteiger partial charge in [-0.1, -0.05) is 29.8 Å². The summed E-state index contributed by atoms with van der Waals surface area (Å²) in [5, 5.41) is 16.5. The van der Waals surface area contributed by atoms with Crippen molar-refractivity contribution < 1.29 is 4.39 Å². The number of aromatic nitrogens is 4. The fraction of sp³-hybridized carbons (Fsp3) is 0.240. The van der Waals surface area contributed by atoms with E-state index in [1.807, 2.05) is 42.9 Å². The molecule has 174 valence electrons. The van der Waals surface area contributed by atoms with Crippen LogP contribution in [0.2, 0.25) is 5.02 Å². The lowest BCUT2D eigenvalue weighted by Crippen LogP contribution is -2.34. The Kier molecular flexibility index (Phi) is 5.93. The highest BCUT2D eigenvalue weighted by Crippen LogP contribution is 2.41. The zero-order valence-corrected chi connectivity index (χ0v) is 19.6. The topological polar surface area (TPSA) is 76.8 Å². The average molecular weight is 479 g/mol. The number of halogens is 2. The van der Waals surface area contributed by atoms with Gasteiger partial charge >= 0.3 is 0 Å². The van der Waals surface area contributed by atoms with Crippen LogP contribution in [0.25, 0.3) is 28.2 Å². The van der Waals surface area contributed by atoms with E-state index in [-0.39, 0.29) is 10.6 Å². The number of para-hydroxylation sites is 1. The lowest BCUT2D eigenvalue weighted by Gasteiger charge is -2.25. The van der Waals surface area contributed by atoms with Crippen LogP contribution in [0.15, 0.2) is 59.4 Å². The molecule has 1 atom stereocenters. The summed E-state index contributed by atoms with van der Waals surface area (Å²) >= 11 is 6.44. The molecule has 0 radical (unpaired) electrons. The van der Waals surface area contributed by atoms with E-state index in [4.69, 9.17) is 21.8 Å². The van der Waals surface area contributed by atoms with Crippen molar-refractivity contribution in [3.05, 3.63) is 81.4 Å². The fourth-order valence-electron chi connectivity index (χ4n) is 4.38. The van der Waals surface area contributed by atoms with E-state index in [0.717, 1.165) is 30.0 Å². The summed E-state index contributed by atoms with van der Waals surface area (Å²) in [6.07, 6.45) is 0. The number of nitrogens with one attached hydrogen (secondary N) is 2. The molecule has 0 spiro atoms. The first-order valence-corrected chi connectivity index (χ1v) is 11.5. The molecule has 0 fully saturated rings. The van der Waals surface area contributed by atoms with Crippen molar-refractivity contribution in [1.29, 1.82) is 0 Å². The summed E-state index contributed by atoms with van der Waals surface area (Å²) in [5.41, 5.74) is 3.88. The molecule has 0 aliphatic carbocycles. The van der Waals surface area contributed by atoms with Gasteiger partial charge in [0.2, 0.25) is 0 Å². The molecule has 2 aromatic carbocycles. The molecule has 4 aromatic rings. The molecule has 3 heterocycles. The van der Waals surface area contributed by atoms with Crippen molar-refractivity contribution in [1.82, 2.24) is 24.9 Å². The molecule has 7 nitrogen and oxygen atoms in total. The van der Waals surface area contributed by atoms with Crippen LogP contribution in [0.4, 0.5) is 10.2 Å². The molecule has 2 aromatic heterocycles. The van der Waals surface area contributed by atoms with E-state index in [1.165, 1.54) is 22.9 Å². The molecule has 0 amide bonds. The van der Waals surface area contributed by atoms with Crippen molar-refractivity contribution in [3.63, 3.8) is 0 Å². The Labute approximate surface area is 201 Å². The standard InChI is InChI=1S/C25H24ClFN6O/c1-15-5-3-4-6-21(15)33-22(34)10-9-20(30-33)23-24(18-8-7-17(27)11-19(18)26)31-32-14-16(12-28-2)13-29-25(23)32/h3-11,16,28-29H,12-14H2,1-2H3. The van der Waals surface area contributed by atoms with Gasteiger partial charge in [-0.3, -0.25) is 4.79 Å². The number of benzene rings is 2. The molecular formula is C25H24ClFN6O. The van der Waals surface area contributed by atoms with Crippen molar-refractivity contribution in [2.24, 2.45) is 5.92 Å². The van der Waals surface area contributed by atoms with Crippen LogP contribution >= 0.6 is 11.6 Å². The fourth-order valence-corrected chi connectivity index (χ4v) is 4.64. The quantitative estimate of drug-likeness (QED) is 0.451. The minimum absolute atomic E-state index is 0.234. The first kappa shape index (κ1) is 22.3. The zero-order chi connectivity index (χ0) is 23.8. The van der Waals surface area contributed by atoms with Gasteiger partial charge in [-0.25, -0.2) is 9.07 Å². The lowest BCUT2D eigenvalue weighted by atomic mass is 10.0. The Hall–Kier alpha value is -3.49. The van der Waals surface area contributed by atoms with Gasteiger partial charge in [0.25, 0.3) is 5.56 Å². The Morgan fingerprint density at radius 3 is 2.76 bits per heavy atom. The number of anilines is 1. The van der Waals surface area contributed by atoms with E-state index in [0.29, 0.717) is 35.1 Å². The van der Waals surface area contributed by atoms with E-state index < -0.39 is 5.82 Å². The van der Waals surface area contributed by atoms with Crippen LogP contribution < -0.4 is 16.2 Å². The first-order valence-electron chi connectivity index (χ1n) is 11.1. The van der Waals surface area contributed by atoms with Gasteiger partial charge in [-0.05, 0) is 49.9 Å². The van der Waals surface area contributed by atoms with Gasteiger partial charge in [0.15, 0.2) is 0 Å². The molecule has 1 aliphatic rings. The summed E-state index contributed by atoms with van der Waals surface area (Å²) in [7, 11) is 1.92. The van der Waals surface area contributed by atoms with E-state index in [1.54, 1.807) is 12.1 Å². The van der Waals surface area contributed by atoms with Crippen LogP contribution in [0.5, 0.6) is 0 Å². The van der Waals surface area contributed by atoms with Gasteiger partial charge in [-0.2, -0.15) is 14.9 Å². The van der Waals surface area contributed by atoms with Crippen molar-refractivity contribution in [3.8, 4) is 28.2 Å². The summed E-state index contributed by atoms with van der Waals surface area (Å²) in [4.78, 5) is 12.7. The maximum absolute atomic E-state index is 13.8. The normalized spacial score (nSPS) is 15.1. The molecule has 9 heteroatoms. The van der Waals surface area contributed by atoms with Crippen LogP contribution in [0, 0.1) is 18.7 Å². The maximum atomic E-state index is 13.8. The molecule has 0 saturated heterocycles. The number of hydrogen-bond acceptors (Lipinski definition) is 5. The maximum Gasteiger partial charge on any atom is 0.271 e. The van der Waals surface area contributed by atoms with Gasteiger partial charge in [0.05, 0.1) is 22.0 Å². The van der Waals surface area contributed by atoms with Crippen molar-refractivity contribution >= 4 is 17.4 Å². The predicted molar refractivity (Wildman–Crippen MR) is 132 cm³/mol. The number of nitrogens with zero attached hydrogens (tertiary/aromatic N) is 4. The highest BCUT2D eigenvalue weighted by atomic mass is 35.5. The second-order valence-corrected chi connectivity index (χ2v) is 8.85. The van der Waals surface area contributed by atoms with Gasteiger partial charge in [-0.15, -0.1) is 0 Å². The summed E-state index contributed by atoms with van der Waals surface area (Å²) in [5.74, 6) is 0.721. The summed E-state index contributed by atoms with van der Waals surface area (Å²) < 4.78 is 17.1. The monoisotopic (exact) mass is 478 g/mol. The molecule has 34 heavy (non-hydrogen) atoms. The number of aryl methyl sites for hydroxylation is 1. The molecule has 2 N–H and O–H groups in total. The van der Waals surface area contributed by atoms with E-state index >= 15 is 0 Å². The minimum Gasteiger partial charge on any atom is -0.369 e. The molecule has 1 aliphatic heterocycles. The highest BCUT2D eigenvalue weighted by Gasteiger charge is 2.28. The van der Waals surface area contributed by atoms with Crippen molar-refractivity contribution in [2.45, 2.75) is 13.5 Å². The molecule has 1 unspecified atom stereocenters. The van der Waals surface area contributed by atoms with Crippen LogP contribution in [0.1, 0.15) is 5.56 Å². The second kappa shape index (κ2) is 9.04. The van der Waals surface area contributed by atoms with Gasteiger partial charge in [0, 0.05) is 37.2 Å². The molecule has 0 saturated carbocycles. The number of rotatable bonds is 5. The third-order valence-electron chi connectivity index (χ3n) is 6.02. The lowest BCUT2D eigenvalue weighted by molar-refractivity contribution is 0.403. The Bertz CT molecular complexity index is 1430. The second-order valence-electron chi connectivity index (χ2n) is 8.44. The molecular weight excluding hydrogens is 455 g/mol. The molecule has 0 bridgehead atoms. The third-order valence-corrected chi connectivity index (χ3v) is 6.33. The predicted octanol–water partition coefficient (Wildman–Crippen LogP) is 4.13. The third kappa shape index (κ3) is 3.99. The number of fused-ring (bicyclic) bond motifs is 1. The highest BCUT2D eigenvalue weighted by molar-refractivity contribution is 6.33. The van der Waals surface area contributed by atoms with E-state index in [2.05, 4.69) is 10.6 Å². The summed E-state index contributed by atoms with van der Waals surface area (Å²) in [6, 6.07) is 15.0. The van der Waals surface area contributed by atoms with Crippen LogP contribution in [-0.4, -0.2) is 39.7 Å². The van der Waals surface area contributed by atoms with Crippen molar-refractivity contribution in [2.75, 3.05) is 25.5 Å². The SMILES string of the molecule is CNCC1CNc2c(-c3ccc(=O)n(-c4ccccc4C)n3)c(-c3ccc(F)cc3Cl)nn2C1. The van der Waals surface area contributed by atoms with Crippen LogP contribution in [0.3, 0.4) is 0 Å². The minimum atomic E-state index is -0.419. The first-order chi connectivity index (χ1) is 16.5. The molecule has 5 rings (SSSR count). The smallest absolute Gasteiger partial charge is 0.271 e. The van der Waals surface area contributed by atoms with Crippen LogP contribution in [-0.2, 0) is 6.54 Å². The number of hydrogen-bond donors (Lipinski definition) is 2. The average Bonchev–Trinajstić information content (AvgIpc) is 3.18. The Morgan fingerprint density at radius 1 is 1.18 bits per heavy atom.